The van der Waals surface area contributed by atoms with Crippen molar-refractivity contribution in [2.24, 2.45) is 7.05 Å². The summed E-state index contributed by atoms with van der Waals surface area (Å²) in [6.07, 6.45) is 2.40. The first-order valence-electron chi connectivity index (χ1n) is 9.27. The molecule has 3 heterocycles. The largest absolute Gasteiger partial charge is 0.496 e. The van der Waals surface area contributed by atoms with Gasteiger partial charge in [-0.25, -0.2) is 4.98 Å². The molecule has 0 N–H and O–H groups in total. The Morgan fingerprint density at radius 1 is 1.28 bits per heavy atom. The SMILES string of the molecule is COc1ccc(Cl)cc1C(=O)N1CCc2c(c(COc3ccccn3)nn2C)C1. The molecule has 1 aromatic carbocycles. The van der Waals surface area contributed by atoms with Crippen LogP contribution < -0.4 is 9.47 Å². The number of hydrogen-bond acceptors (Lipinski definition) is 5. The van der Waals surface area contributed by atoms with Crippen molar-refractivity contribution >= 4 is 17.5 Å². The number of methoxy groups -OCH3 is 1. The van der Waals surface area contributed by atoms with Crippen molar-refractivity contribution in [2.45, 2.75) is 19.6 Å². The number of pyridine rings is 1. The number of fused-ring (bicyclic) bond motifs is 1. The third-order valence-corrected chi connectivity index (χ3v) is 5.23. The predicted molar refractivity (Wildman–Crippen MR) is 108 cm³/mol. The van der Waals surface area contributed by atoms with Crippen molar-refractivity contribution in [3.63, 3.8) is 0 Å². The standard InChI is InChI=1S/C21H21ClN4O3/c1-25-18-8-10-26(21(27)15-11-14(22)6-7-19(15)28-2)12-16(18)17(24-25)13-29-20-5-3-4-9-23-20/h3-7,9,11H,8,10,12-13H2,1-2H3. The lowest BCUT2D eigenvalue weighted by atomic mass is 10.0. The number of carbonyl (C=O) groups is 1. The Bertz CT molecular complexity index is 1040. The monoisotopic (exact) mass is 412 g/mol. The van der Waals surface area contributed by atoms with E-state index in [-0.39, 0.29) is 5.91 Å². The molecule has 7 nitrogen and oxygen atoms in total. The van der Waals surface area contributed by atoms with Gasteiger partial charge >= 0.3 is 0 Å². The number of halogens is 1. The van der Waals surface area contributed by atoms with E-state index in [1.165, 1.54) is 0 Å². The predicted octanol–water partition coefficient (Wildman–Crippen LogP) is 3.25. The molecule has 1 aliphatic rings. The number of nitrogens with zero attached hydrogens (tertiary/aromatic N) is 4. The Labute approximate surface area is 173 Å². The van der Waals surface area contributed by atoms with Crippen LogP contribution in [0.1, 0.15) is 27.3 Å². The van der Waals surface area contributed by atoms with Gasteiger partial charge in [0.25, 0.3) is 5.91 Å². The summed E-state index contributed by atoms with van der Waals surface area (Å²) in [5.74, 6) is 0.935. The van der Waals surface area contributed by atoms with E-state index < -0.39 is 0 Å². The Hall–Kier alpha value is -3.06. The van der Waals surface area contributed by atoms with Gasteiger partial charge in [-0.2, -0.15) is 5.10 Å². The van der Waals surface area contributed by atoms with Gasteiger partial charge in [-0.3, -0.25) is 9.48 Å². The minimum absolute atomic E-state index is 0.115. The fourth-order valence-electron chi connectivity index (χ4n) is 3.55. The maximum atomic E-state index is 13.2. The molecule has 0 bridgehead atoms. The van der Waals surface area contributed by atoms with Crippen molar-refractivity contribution in [1.82, 2.24) is 19.7 Å². The van der Waals surface area contributed by atoms with E-state index in [1.807, 2.05) is 23.9 Å². The van der Waals surface area contributed by atoms with E-state index in [0.29, 0.717) is 41.9 Å². The number of amides is 1. The Kier molecular flexibility index (Phi) is 5.40. The maximum Gasteiger partial charge on any atom is 0.257 e. The van der Waals surface area contributed by atoms with E-state index in [1.54, 1.807) is 42.5 Å². The van der Waals surface area contributed by atoms with Gasteiger partial charge in [0, 0.05) is 55.1 Å². The van der Waals surface area contributed by atoms with Gasteiger partial charge in [0.2, 0.25) is 5.88 Å². The zero-order valence-electron chi connectivity index (χ0n) is 16.3. The summed E-state index contributed by atoms with van der Waals surface area (Å²) >= 11 is 6.10. The molecule has 0 radical (unpaired) electrons. The molecular formula is C21H21ClN4O3. The second kappa shape index (κ2) is 8.13. The first-order valence-corrected chi connectivity index (χ1v) is 9.65. The highest BCUT2D eigenvalue weighted by Crippen LogP contribution is 2.28. The first kappa shape index (κ1) is 19.3. The second-order valence-electron chi connectivity index (χ2n) is 6.77. The number of benzene rings is 1. The molecule has 1 aliphatic heterocycles. The second-order valence-corrected chi connectivity index (χ2v) is 7.21. The van der Waals surface area contributed by atoms with Gasteiger partial charge in [0.05, 0.1) is 12.7 Å². The summed E-state index contributed by atoms with van der Waals surface area (Å²) in [6, 6.07) is 10.6. The number of aryl methyl sites for hydroxylation is 1. The lowest BCUT2D eigenvalue weighted by Gasteiger charge is -2.28. The molecule has 1 amide bonds. The minimum Gasteiger partial charge on any atom is -0.496 e. The van der Waals surface area contributed by atoms with Crippen LogP contribution in [0.3, 0.4) is 0 Å². The molecule has 0 atom stereocenters. The van der Waals surface area contributed by atoms with Gasteiger partial charge in [0.15, 0.2) is 0 Å². The fourth-order valence-corrected chi connectivity index (χ4v) is 3.72. The molecule has 0 saturated carbocycles. The van der Waals surface area contributed by atoms with Crippen LogP contribution in [0, 0.1) is 0 Å². The van der Waals surface area contributed by atoms with Crippen LogP contribution in [0.25, 0.3) is 0 Å². The van der Waals surface area contributed by atoms with E-state index in [2.05, 4.69) is 10.1 Å². The Balaban J connectivity index is 1.56. The normalized spacial score (nSPS) is 13.1. The number of rotatable bonds is 5. The highest BCUT2D eigenvalue weighted by molar-refractivity contribution is 6.31. The summed E-state index contributed by atoms with van der Waals surface area (Å²) in [6.45, 7) is 1.35. The molecule has 8 heteroatoms. The number of aromatic nitrogens is 3. The van der Waals surface area contributed by atoms with Crippen molar-refractivity contribution in [3.05, 3.63) is 70.1 Å². The van der Waals surface area contributed by atoms with Gasteiger partial charge in [-0.1, -0.05) is 17.7 Å². The van der Waals surface area contributed by atoms with E-state index in [0.717, 1.165) is 23.4 Å². The fraction of sp³-hybridized carbons (Fsp3) is 0.286. The number of hydrogen-bond donors (Lipinski definition) is 0. The molecule has 3 aromatic rings. The van der Waals surface area contributed by atoms with Crippen LogP contribution in [0.15, 0.2) is 42.6 Å². The van der Waals surface area contributed by atoms with Crippen LogP contribution in [-0.4, -0.2) is 39.2 Å². The minimum atomic E-state index is -0.115. The molecule has 0 spiro atoms. The average molecular weight is 413 g/mol. The van der Waals surface area contributed by atoms with E-state index >= 15 is 0 Å². The molecular weight excluding hydrogens is 392 g/mol. The Morgan fingerprint density at radius 3 is 2.90 bits per heavy atom. The zero-order valence-corrected chi connectivity index (χ0v) is 17.0. The first-order chi connectivity index (χ1) is 14.1. The molecule has 2 aromatic heterocycles. The molecule has 150 valence electrons. The lowest BCUT2D eigenvalue weighted by Crippen LogP contribution is -2.36. The van der Waals surface area contributed by atoms with Crippen molar-refractivity contribution in [2.75, 3.05) is 13.7 Å². The summed E-state index contributed by atoms with van der Waals surface area (Å²) in [5.41, 5.74) is 3.40. The van der Waals surface area contributed by atoms with Crippen molar-refractivity contribution < 1.29 is 14.3 Å². The quantitative estimate of drug-likeness (QED) is 0.643. The lowest BCUT2D eigenvalue weighted by molar-refractivity contribution is 0.0729. The van der Waals surface area contributed by atoms with Crippen LogP contribution in [0.4, 0.5) is 0 Å². The summed E-state index contributed by atoms with van der Waals surface area (Å²) in [4.78, 5) is 19.1. The topological polar surface area (TPSA) is 69.5 Å². The summed E-state index contributed by atoms with van der Waals surface area (Å²) in [7, 11) is 3.46. The highest BCUT2D eigenvalue weighted by Gasteiger charge is 2.28. The van der Waals surface area contributed by atoms with Gasteiger partial charge in [-0.15, -0.1) is 0 Å². The molecule has 4 rings (SSSR count). The van der Waals surface area contributed by atoms with Gasteiger partial charge in [-0.05, 0) is 24.3 Å². The summed E-state index contributed by atoms with van der Waals surface area (Å²) < 4.78 is 13.0. The molecule has 0 unspecified atom stereocenters. The van der Waals surface area contributed by atoms with Gasteiger partial charge < -0.3 is 14.4 Å². The van der Waals surface area contributed by atoms with Crippen molar-refractivity contribution in [3.8, 4) is 11.6 Å². The van der Waals surface area contributed by atoms with Crippen molar-refractivity contribution in [1.29, 1.82) is 0 Å². The van der Waals surface area contributed by atoms with E-state index in [9.17, 15) is 4.79 Å². The Morgan fingerprint density at radius 2 is 2.14 bits per heavy atom. The summed E-state index contributed by atoms with van der Waals surface area (Å²) in [5, 5.41) is 5.10. The molecule has 0 saturated heterocycles. The average Bonchev–Trinajstić information content (AvgIpc) is 3.07. The number of ether oxygens (including phenoxy) is 2. The zero-order chi connectivity index (χ0) is 20.4. The molecule has 29 heavy (non-hydrogen) atoms. The third-order valence-electron chi connectivity index (χ3n) is 5.00. The van der Waals surface area contributed by atoms with E-state index in [4.69, 9.17) is 21.1 Å². The van der Waals surface area contributed by atoms with Gasteiger partial charge in [0.1, 0.15) is 18.1 Å². The van der Waals surface area contributed by atoms with Crippen LogP contribution >= 0.6 is 11.6 Å². The molecule has 0 aliphatic carbocycles. The van der Waals surface area contributed by atoms with Crippen LogP contribution in [0.5, 0.6) is 11.6 Å². The number of carbonyl (C=O) groups excluding carboxylic acids is 1. The maximum absolute atomic E-state index is 13.2. The third kappa shape index (κ3) is 3.91. The van der Waals surface area contributed by atoms with Crippen LogP contribution in [0.2, 0.25) is 5.02 Å². The van der Waals surface area contributed by atoms with Crippen LogP contribution in [-0.2, 0) is 26.6 Å². The smallest absolute Gasteiger partial charge is 0.257 e. The molecule has 0 fully saturated rings. The highest BCUT2D eigenvalue weighted by atomic mass is 35.5.